The summed E-state index contributed by atoms with van der Waals surface area (Å²) in [7, 11) is 1.63. The molecule has 0 fully saturated rings. The molecule has 0 radical (unpaired) electrons. The molecule has 1 aliphatic rings. The Hall–Kier alpha value is -1.09. The van der Waals surface area contributed by atoms with Crippen molar-refractivity contribution in [3.63, 3.8) is 0 Å². The lowest BCUT2D eigenvalue weighted by atomic mass is 9.84. The van der Waals surface area contributed by atoms with Crippen molar-refractivity contribution in [2.24, 2.45) is 5.73 Å². The number of methoxy groups -OCH3 is 1. The Morgan fingerprint density at radius 3 is 2.35 bits per heavy atom. The van der Waals surface area contributed by atoms with Crippen LogP contribution in [0.5, 0.6) is 5.75 Å². The fourth-order valence-electron chi connectivity index (χ4n) is 2.51. The summed E-state index contributed by atoms with van der Waals surface area (Å²) in [5, 5.41) is 0. The summed E-state index contributed by atoms with van der Waals surface area (Å²) >= 11 is 0. The minimum Gasteiger partial charge on any atom is -0.496 e. The highest BCUT2D eigenvalue weighted by molar-refractivity contribution is 5.48. The summed E-state index contributed by atoms with van der Waals surface area (Å²) < 4.78 is 19.8. The summed E-state index contributed by atoms with van der Waals surface area (Å²) in [6.07, 6.45) is 3.85. The van der Waals surface area contributed by atoms with Crippen LogP contribution in [0.1, 0.15) is 43.4 Å². The smallest absolute Gasteiger partial charge is 0.131 e. The fraction of sp³-hybridized carbons (Fsp3) is 0.571. The highest BCUT2D eigenvalue weighted by Gasteiger charge is 2.27. The second-order valence-corrected chi connectivity index (χ2v) is 5.33. The lowest BCUT2D eigenvalue weighted by Gasteiger charge is -2.26. The molecule has 0 aliphatic heterocycles. The summed E-state index contributed by atoms with van der Waals surface area (Å²) in [5.41, 5.74) is 7.73. The molecule has 0 heterocycles. The van der Waals surface area contributed by atoms with E-state index in [0.717, 1.165) is 42.6 Å². The van der Waals surface area contributed by atoms with Crippen LogP contribution in [-0.4, -0.2) is 7.11 Å². The number of hydrogen-bond donors (Lipinski definition) is 1. The van der Waals surface area contributed by atoms with E-state index < -0.39 is 5.54 Å². The van der Waals surface area contributed by atoms with Gasteiger partial charge in [0.05, 0.1) is 7.11 Å². The molecule has 17 heavy (non-hydrogen) atoms. The van der Waals surface area contributed by atoms with E-state index in [-0.39, 0.29) is 5.82 Å². The molecule has 0 unspecified atom stereocenters. The number of hydrogen-bond acceptors (Lipinski definition) is 2. The third-order valence-corrected chi connectivity index (χ3v) is 3.46. The average Bonchev–Trinajstić information content (AvgIpc) is 2.28. The zero-order valence-corrected chi connectivity index (χ0v) is 10.8. The molecule has 2 rings (SSSR count). The lowest BCUT2D eigenvalue weighted by Crippen LogP contribution is -2.31. The maximum absolute atomic E-state index is 14.4. The number of fused-ring (bicyclic) bond motifs is 1. The zero-order chi connectivity index (χ0) is 12.6. The van der Waals surface area contributed by atoms with Crippen LogP contribution in [0.15, 0.2) is 6.07 Å². The van der Waals surface area contributed by atoms with Crippen molar-refractivity contribution in [1.82, 2.24) is 0 Å². The summed E-state index contributed by atoms with van der Waals surface area (Å²) in [4.78, 5) is 0. The van der Waals surface area contributed by atoms with Gasteiger partial charge in [-0.25, -0.2) is 4.39 Å². The topological polar surface area (TPSA) is 35.2 Å². The quantitative estimate of drug-likeness (QED) is 0.858. The molecule has 0 spiro atoms. The van der Waals surface area contributed by atoms with Crippen LogP contribution in [0.4, 0.5) is 4.39 Å². The fourth-order valence-corrected chi connectivity index (χ4v) is 2.51. The van der Waals surface area contributed by atoms with Crippen LogP contribution in [-0.2, 0) is 18.4 Å². The van der Waals surface area contributed by atoms with E-state index in [1.807, 2.05) is 13.8 Å². The number of rotatable bonds is 2. The van der Waals surface area contributed by atoms with Crippen LogP contribution in [0.3, 0.4) is 0 Å². The Labute approximate surface area is 102 Å². The molecule has 1 aromatic rings. The van der Waals surface area contributed by atoms with E-state index in [2.05, 4.69) is 0 Å². The van der Waals surface area contributed by atoms with Crippen molar-refractivity contribution in [3.05, 3.63) is 28.6 Å². The second-order valence-electron chi connectivity index (χ2n) is 5.33. The molecule has 0 bridgehead atoms. The highest BCUT2D eigenvalue weighted by atomic mass is 19.1. The van der Waals surface area contributed by atoms with Crippen molar-refractivity contribution in [3.8, 4) is 5.75 Å². The molecular formula is C14H20FNO. The van der Waals surface area contributed by atoms with Crippen molar-refractivity contribution in [1.29, 1.82) is 0 Å². The number of ether oxygens (including phenoxy) is 1. The first-order chi connectivity index (χ1) is 7.95. The van der Waals surface area contributed by atoms with Crippen LogP contribution in [0.2, 0.25) is 0 Å². The van der Waals surface area contributed by atoms with Gasteiger partial charge in [0.25, 0.3) is 0 Å². The molecule has 2 N–H and O–H groups in total. The van der Waals surface area contributed by atoms with E-state index in [4.69, 9.17) is 10.5 Å². The van der Waals surface area contributed by atoms with E-state index in [1.165, 1.54) is 0 Å². The van der Waals surface area contributed by atoms with Gasteiger partial charge in [-0.1, -0.05) is 0 Å². The molecule has 0 saturated carbocycles. The molecule has 0 amide bonds. The zero-order valence-electron chi connectivity index (χ0n) is 10.8. The Bertz CT molecular complexity index is 435. The molecule has 1 aromatic carbocycles. The molecule has 94 valence electrons. The third-order valence-electron chi connectivity index (χ3n) is 3.46. The maximum Gasteiger partial charge on any atom is 0.131 e. The van der Waals surface area contributed by atoms with Crippen molar-refractivity contribution in [2.75, 3.05) is 7.11 Å². The Balaban J connectivity index is 2.64. The van der Waals surface area contributed by atoms with Gasteiger partial charge in [0.1, 0.15) is 11.6 Å². The largest absolute Gasteiger partial charge is 0.496 e. The minimum atomic E-state index is -0.677. The maximum atomic E-state index is 14.4. The summed E-state index contributed by atoms with van der Waals surface area (Å²) in [5.74, 6) is 0.655. The van der Waals surface area contributed by atoms with Gasteiger partial charge in [0, 0.05) is 16.7 Å². The van der Waals surface area contributed by atoms with Crippen LogP contribution < -0.4 is 10.5 Å². The molecule has 3 heteroatoms. The van der Waals surface area contributed by atoms with Gasteiger partial charge < -0.3 is 10.5 Å². The van der Waals surface area contributed by atoms with Crippen LogP contribution in [0, 0.1) is 5.82 Å². The molecular weight excluding hydrogens is 217 g/mol. The third kappa shape index (κ3) is 2.16. The van der Waals surface area contributed by atoms with Crippen molar-refractivity contribution in [2.45, 2.75) is 45.1 Å². The van der Waals surface area contributed by atoms with Crippen LogP contribution >= 0.6 is 0 Å². The second kappa shape index (κ2) is 4.30. The molecule has 0 atom stereocenters. The normalized spacial score (nSPS) is 15.6. The van der Waals surface area contributed by atoms with E-state index >= 15 is 0 Å². The predicted octanol–water partition coefficient (Wildman–Crippen LogP) is 2.91. The van der Waals surface area contributed by atoms with E-state index in [0.29, 0.717) is 5.56 Å². The van der Waals surface area contributed by atoms with Gasteiger partial charge in [0.2, 0.25) is 0 Å². The number of nitrogens with two attached hydrogens (primary N) is 1. The Kier molecular flexibility index (Phi) is 3.13. The SMILES string of the molecule is COc1cc(C(C)(C)N)c(F)c2c1CCCC2. The standard InChI is InChI=1S/C14H20FNO/c1-14(2,16)11-8-12(17-3)9-6-4-5-7-10(9)13(11)15/h8H,4-7,16H2,1-3H3. The van der Waals surface area contributed by atoms with Gasteiger partial charge >= 0.3 is 0 Å². The van der Waals surface area contributed by atoms with E-state index in [9.17, 15) is 4.39 Å². The summed E-state index contributed by atoms with van der Waals surface area (Å²) in [6, 6.07) is 1.76. The van der Waals surface area contributed by atoms with Gasteiger partial charge in [-0.3, -0.25) is 0 Å². The Morgan fingerprint density at radius 2 is 1.82 bits per heavy atom. The first-order valence-electron chi connectivity index (χ1n) is 6.12. The van der Waals surface area contributed by atoms with E-state index in [1.54, 1.807) is 13.2 Å². The number of benzene rings is 1. The number of halogens is 1. The van der Waals surface area contributed by atoms with Gasteiger partial charge in [-0.05, 0) is 51.2 Å². The molecule has 0 aromatic heterocycles. The van der Waals surface area contributed by atoms with Gasteiger partial charge in [0.15, 0.2) is 0 Å². The Morgan fingerprint density at radius 1 is 1.24 bits per heavy atom. The predicted molar refractivity (Wildman–Crippen MR) is 66.8 cm³/mol. The monoisotopic (exact) mass is 237 g/mol. The van der Waals surface area contributed by atoms with Gasteiger partial charge in [-0.15, -0.1) is 0 Å². The van der Waals surface area contributed by atoms with Crippen LogP contribution in [0.25, 0.3) is 0 Å². The first-order valence-corrected chi connectivity index (χ1v) is 6.12. The minimum absolute atomic E-state index is 0.131. The molecule has 2 nitrogen and oxygen atoms in total. The average molecular weight is 237 g/mol. The first kappa shape index (κ1) is 12.4. The molecule has 0 saturated heterocycles. The highest BCUT2D eigenvalue weighted by Crippen LogP contribution is 2.36. The van der Waals surface area contributed by atoms with Gasteiger partial charge in [-0.2, -0.15) is 0 Å². The summed E-state index contributed by atoms with van der Waals surface area (Å²) in [6.45, 7) is 3.64. The van der Waals surface area contributed by atoms with Crippen molar-refractivity contribution >= 4 is 0 Å². The lowest BCUT2D eigenvalue weighted by molar-refractivity contribution is 0.397. The van der Waals surface area contributed by atoms with Crippen molar-refractivity contribution < 1.29 is 9.13 Å². The molecule has 1 aliphatic carbocycles.